The molecule has 0 heterocycles. The summed E-state index contributed by atoms with van der Waals surface area (Å²) in [4.78, 5) is 23.3. The molecule has 0 radical (unpaired) electrons. The Balaban J connectivity index is 1.92. The second kappa shape index (κ2) is 9.43. The Hall–Kier alpha value is -4.84. The number of nitrogen functional groups attached to an aromatic ring is 2. The van der Waals surface area contributed by atoms with E-state index in [1.807, 2.05) is 49.4 Å². The first-order chi connectivity index (χ1) is 17.0. The van der Waals surface area contributed by atoms with E-state index in [0.29, 0.717) is 16.8 Å². The highest BCUT2D eigenvalue weighted by Gasteiger charge is 2.14. The molecule has 0 aliphatic carbocycles. The molecule has 0 spiro atoms. The van der Waals surface area contributed by atoms with Crippen molar-refractivity contribution in [1.29, 1.82) is 0 Å². The molecule has 4 aromatic rings. The number of Topliss-reactive ketones (excluding diaryl/α,β-unsaturated/α-hetero) is 1. The van der Waals surface area contributed by atoms with Gasteiger partial charge in [0, 0.05) is 22.5 Å². The highest BCUT2D eigenvalue weighted by molar-refractivity contribution is 6.00. The lowest BCUT2D eigenvalue weighted by Gasteiger charge is -2.14. The summed E-state index contributed by atoms with van der Waals surface area (Å²) >= 11 is 0. The van der Waals surface area contributed by atoms with Crippen LogP contribution in [-0.2, 0) is 0 Å². The van der Waals surface area contributed by atoms with Crippen LogP contribution >= 0.6 is 0 Å². The van der Waals surface area contributed by atoms with E-state index < -0.39 is 5.97 Å². The lowest BCUT2D eigenvalue weighted by atomic mass is 9.91. The van der Waals surface area contributed by atoms with Gasteiger partial charge in [0.1, 0.15) is 5.76 Å². The minimum Gasteiger partial charge on any atom is -0.508 e. The number of carboxylic acids is 1. The summed E-state index contributed by atoms with van der Waals surface area (Å²) < 4.78 is 0. The van der Waals surface area contributed by atoms with Crippen LogP contribution in [0, 0.1) is 6.92 Å². The van der Waals surface area contributed by atoms with Crippen molar-refractivity contribution in [1.82, 2.24) is 0 Å². The number of hydrogen-bond donors (Lipinski definition) is 4. The molecule has 0 saturated carbocycles. The van der Waals surface area contributed by atoms with E-state index in [2.05, 4.69) is 6.58 Å². The van der Waals surface area contributed by atoms with E-state index >= 15 is 0 Å². The molecule has 36 heavy (non-hydrogen) atoms. The first-order valence-electron chi connectivity index (χ1n) is 11.2. The molecule has 6 N–H and O–H groups in total. The number of carbonyl (C=O) groups excluding carboxylic acids is 1. The van der Waals surface area contributed by atoms with Crippen LogP contribution in [0.15, 0.2) is 79.4 Å². The van der Waals surface area contributed by atoms with Crippen molar-refractivity contribution < 1.29 is 19.8 Å². The number of rotatable bonds is 6. The van der Waals surface area contributed by atoms with Gasteiger partial charge in [-0.2, -0.15) is 0 Å². The van der Waals surface area contributed by atoms with Gasteiger partial charge in [-0.25, -0.2) is 4.79 Å². The lowest BCUT2D eigenvalue weighted by Crippen LogP contribution is -2.02. The number of carbonyl (C=O) groups is 2. The van der Waals surface area contributed by atoms with E-state index in [1.165, 1.54) is 13.0 Å². The van der Waals surface area contributed by atoms with Crippen molar-refractivity contribution in [2.45, 2.75) is 13.8 Å². The maximum Gasteiger partial charge on any atom is 0.337 e. The number of carboxylic acid groups (broad SMARTS) is 1. The predicted octanol–water partition coefficient (Wildman–Crippen LogP) is 6.59. The van der Waals surface area contributed by atoms with E-state index in [4.69, 9.17) is 11.5 Å². The minimum absolute atomic E-state index is 0.00326. The van der Waals surface area contributed by atoms with Gasteiger partial charge in [-0.1, -0.05) is 36.9 Å². The third kappa shape index (κ3) is 4.70. The number of anilines is 2. The fourth-order valence-electron chi connectivity index (χ4n) is 4.29. The minimum atomic E-state index is -1.09. The van der Waals surface area contributed by atoms with Gasteiger partial charge in [-0.15, -0.1) is 0 Å². The molecular formula is C30H26N2O4. The number of aryl methyl sites for hydroxylation is 1. The van der Waals surface area contributed by atoms with Gasteiger partial charge in [0.05, 0.1) is 5.56 Å². The summed E-state index contributed by atoms with van der Waals surface area (Å²) in [5, 5.41) is 19.2. The van der Waals surface area contributed by atoms with Crippen LogP contribution in [0.4, 0.5) is 11.4 Å². The van der Waals surface area contributed by atoms with Crippen LogP contribution in [0.3, 0.4) is 0 Å². The molecule has 0 atom stereocenters. The predicted molar refractivity (Wildman–Crippen MR) is 145 cm³/mol. The molecule has 4 aromatic carbocycles. The van der Waals surface area contributed by atoms with Crippen LogP contribution in [0.1, 0.15) is 38.8 Å². The number of hydrogen-bond acceptors (Lipinski definition) is 5. The van der Waals surface area contributed by atoms with Gasteiger partial charge >= 0.3 is 5.97 Å². The lowest BCUT2D eigenvalue weighted by molar-refractivity contribution is 0.0697. The van der Waals surface area contributed by atoms with Gasteiger partial charge in [0.15, 0.2) is 5.78 Å². The number of nitrogens with two attached hydrogens (primary N) is 2. The van der Waals surface area contributed by atoms with Crippen molar-refractivity contribution in [2.75, 3.05) is 11.5 Å². The standard InChI is InChI=1S/C30H26N2O4/c1-16-10-19(4-7-25(16)17(2)33)22-11-23(20-5-8-26(18(3)34)28(31)14-20)13-24(12-22)21-6-9-27(30(35)36)29(32)15-21/h4-15,33H,2,31-32H2,1,3H3,(H,35,36). The molecule has 0 aromatic heterocycles. The third-order valence-electron chi connectivity index (χ3n) is 6.18. The molecule has 0 unspecified atom stereocenters. The average molecular weight is 479 g/mol. The van der Waals surface area contributed by atoms with Crippen molar-refractivity contribution >= 4 is 28.9 Å². The number of aliphatic hydroxyl groups excluding tert-OH is 1. The zero-order valence-corrected chi connectivity index (χ0v) is 20.0. The first kappa shape index (κ1) is 24.3. The van der Waals surface area contributed by atoms with E-state index in [1.54, 1.807) is 24.3 Å². The van der Waals surface area contributed by atoms with Gasteiger partial charge in [-0.3, -0.25) is 4.79 Å². The molecule has 6 heteroatoms. The Bertz CT molecular complexity index is 1360. The maximum absolute atomic E-state index is 11.8. The van der Waals surface area contributed by atoms with Crippen molar-refractivity contribution in [3.63, 3.8) is 0 Å². The summed E-state index contributed by atoms with van der Waals surface area (Å²) in [6, 6.07) is 21.9. The quantitative estimate of drug-likeness (QED) is 0.141. The number of ketones is 1. The van der Waals surface area contributed by atoms with E-state index in [-0.39, 0.29) is 22.8 Å². The van der Waals surface area contributed by atoms with Crippen LogP contribution in [0.2, 0.25) is 0 Å². The van der Waals surface area contributed by atoms with Gasteiger partial charge < -0.3 is 21.7 Å². The fraction of sp³-hybridized carbons (Fsp3) is 0.0667. The number of aromatic carboxylic acids is 1. The first-order valence-corrected chi connectivity index (χ1v) is 11.2. The van der Waals surface area contributed by atoms with E-state index in [9.17, 15) is 19.8 Å². The smallest absolute Gasteiger partial charge is 0.337 e. The largest absolute Gasteiger partial charge is 0.508 e. The van der Waals surface area contributed by atoms with Crippen molar-refractivity contribution in [2.24, 2.45) is 0 Å². The molecule has 6 nitrogen and oxygen atoms in total. The highest BCUT2D eigenvalue weighted by atomic mass is 16.4. The summed E-state index contributed by atoms with van der Waals surface area (Å²) in [7, 11) is 0. The van der Waals surface area contributed by atoms with Crippen LogP contribution in [-0.4, -0.2) is 22.0 Å². The molecule has 0 saturated heterocycles. The Labute approximate surface area is 209 Å². The molecule has 180 valence electrons. The van der Waals surface area contributed by atoms with Crippen LogP contribution in [0.25, 0.3) is 39.1 Å². The SMILES string of the molecule is C=C(O)c1ccc(-c2cc(-c3ccc(C(C)=O)c(N)c3)cc(-c3ccc(C(=O)O)c(N)c3)c2)cc1C. The summed E-state index contributed by atoms with van der Waals surface area (Å²) in [6.07, 6.45) is 0. The zero-order valence-electron chi connectivity index (χ0n) is 20.0. The number of benzene rings is 4. The number of aliphatic hydroxyl groups is 1. The van der Waals surface area contributed by atoms with Crippen molar-refractivity contribution in [3.8, 4) is 33.4 Å². The van der Waals surface area contributed by atoms with Gasteiger partial charge in [-0.05, 0) is 95.3 Å². The Morgan fingerprint density at radius 2 is 1.06 bits per heavy atom. The second-order valence-corrected chi connectivity index (χ2v) is 8.74. The Morgan fingerprint density at radius 1 is 0.639 bits per heavy atom. The topological polar surface area (TPSA) is 127 Å². The maximum atomic E-state index is 11.8. The second-order valence-electron chi connectivity index (χ2n) is 8.74. The van der Waals surface area contributed by atoms with Gasteiger partial charge in [0.2, 0.25) is 0 Å². The summed E-state index contributed by atoms with van der Waals surface area (Å²) in [5.41, 5.74) is 19.9. The Kier molecular flexibility index (Phi) is 6.36. The summed E-state index contributed by atoms with van der Waals surface area (Å²) in [6.45, 7) is 6.99. The third-order valence-corrected chi connectivity index (χ3v) is 6.18. The van der Waals surface area contributed by atoms with Crippen LogP contribution in [0.5, 0.6) is 0 Å². The molecule has 0 amide bonds. The highest BCUT2D eigenvalue weighted by Crippen LogP contribution is 2.36. The Morgan fingerprint density at radius 3 is 1.42 bits per heavy atom. The molecule has 0 aliphatic heterocycles. The monoisotopic (exact) mass is 478 g/mol. The molecular weight excluding hydrogens is 452 g/mol. The van der Waals surface area contributed by atoms with E-state index in [0.717, 1.165) is 38.9 Å². The molecule has 0 bridgehead atoms. The van der Waals surface area contributed by atoms with Crippen molar-refractivity contribution in [3.05, 3.63) is 102 Å². The molecule has 0 aliphatic rings. The molecule has 0 fully saturated rings. The fourth-order valence-corrected chi connectivity index (χ4v) is 4.29. The van der Waals surface area contributed by atoms with Gasteiger partial charge in [0.25, 0.3) is 0 Å². The summed E-state index contributed by atoms with van der Waals surface area (Å²) in [5.74, 6) is -1.19. The average Bonchev–Trinajstić information content (AvgIpc) is 2.82. The zero-order chi connectivity index (χ0) is 26.1. The van der Waals surface area contributed by atoms with Crippen LogP contribution < -0.4 is 11.5 Å². The normalized spacial score (nSPS) is 10.7. The molecule has 4 rings (SSSR count).